The van der Waals surface area contributed by atoms with Crippen LogP contribution in [0.1, 0.15) is 39.0 Å². The standard InChI is InChI=1S/C12H23NOS/c1-2-11(12-4-3-7-14-12)13-10-5-8-15-9-6-10/h10-13H,2-9H2,1H3/t11-,12+/m0/s1. The molecule has 0 aromatic carbocycles. The van der Waals surface area contributed by atoms with Crippen LogP contribution in [0.25, 0.3) is 0 Å². The van der Waals surface area contributed by atoms with Gasteiger partial charge in [-0.15, -0.1) is 0 Å². The first-order valence-electron chi connectivity index (χ1n) is 6.35. The number of nitrogens with one attached hydrogen (secondary N) is 1. The lowest BCUT2D eigenvalue weighted by Crippen LogP contribution is -2.46. The maximum atomic E-state index is 5.78. The summed E-state index contributed by atoms with van der Waals surface area (Å²) in [6.45, 7) is 3.25. The molecule has 3 heteroatoms. The summed E-state index contributed by atoms with van der Waals surface area (Å²) in [6, 6.07) is 1.35. The molecule has 0 radical (unpaired) electrons. The van der Waals surface area contributed by atoms with Crippen molar-refractivity contribution in [3.63, 3.8) is 0 Å². The van der Waals surface area contributed by atoms with Crippen LogP contribution in [0.4, 0.5) is 0 Å². The van der Waals surface area contributed by atoms with E-state index in [1.165, 1.54) is 43.6 Å². The van der Waals surface area contributed by atoms with Crippen LogP contribution >= 0.6 is 11.8 Å². The van der Waals surface area contributed by atoms with Crippen LogP contribution in [0.2, 0.25) is 0 Å². The highest BCUT2D eigenvalue weighted by Crippen LogP contribution is 2.21. The van der Waals surface area contributed by atoms with Crippen LogP contribution in [-0.4, -0.2) is 36.3 Å². The maximum Gasteiger partial charge on any atom is 0.0728 e. The van der Waals surface area contributed by atoms with Crippen LogP contribution in [0, 0.1) is 0 Å². The zero-order chi connectivity index (χ0) is 10.5. The van der Waals surface area contributed by atoms with E-state index in [1.54, 1.807) is 0 Å². The lowest BCUT2D eigenvalue weighted by Gasteiger charge is -2.30. The van der Waals surface area contributed by atoms with Crippen molar-refractivity contribution in [1.82, 2.24) is 5.32 Å². The van der Waals surface area contributed by atoms with Crippen molar-refractivity contribution in [3.05, 3.63) is 0 Å². The highest BCUT2D eigenvalue weighted by atomic mass is 32.2. The van der Waals surface area contributed by atoms with Crippen molar-refractivity contribution in [2.75, 3.05) is 18.1 Å². The van der Waals surface area contributed by atoms with Crippen LogP contribution in [-0.2, 0) is 4.74 Å². The number of thioether (sulfide) groups is 1. The number of hydrogen-bond donors (Lipinski definition) is 1. The molecule has 2 nitrogen and oxygen atoms in total. The summed E-state index contributed by atoms with van der Waals surface area (Å²) in [4.78, 5) is 0. The van der Waals surface area contributed by atoms with Gasteiger partial charge in [0.05, 0.1) is 6.10 Å². The SMILES string of the molecule is CC[C@H](NC1CCSCC1)[C@H]1CCCO1. The number of hydrogen-bond acceptors (Lipinski definition) is 3. The molecule has 2 rings (SSSR count). The van der Waals surface area contributed by atoms with Gasteiger partial charge in [-0.2, -0.15) is 11.8 Å². The van der Waals surface area contributed by atoms with E-state index in [1.807, 2.05) is 0 Å². The molecule has 0 spiro atoms. The first-order chi connectivity index (χ1) is 7.40. The molecule has 0 amide bonds. The zero-order valence-electron chi connectivity index (χ0n) is 9.71. The third-order valence-electron chi connectivity index (χ3n) is 3.52. The lowest BCUT2D eigenvalue weighted by atomic mass is 10.0. The largest absolute Gasteiger partial charge is 0.377 e. The second-order valence-electron chi connectivity index (χ2n) is 4.62. The highest BCUT2D eigenvalue weighted by Gasteiger charge is 2.26. The van der Waals surface area contributed by atoms with Gasteiger partial charge in [0.2, 0.25) is 0 Å². The van der Waals surface area contributed by atoms with Gasteiger partial charge in [-0.3, -0.25) is 0 Å². The van der Waals surface area contributed by atoms with E-state index >= 15 is 0 Å². The predicted octanol–water partition coefficient (Wildman–Crippen LogP) is 2.43. The van der Waals surface area contributed by atoms with Gasteiger partial charge >= 0.3 is 0 Å². The molecule has 2 heterocycles. The molecule has 2 saturated heterocycles. The summed E-state index contributed by atoms with van der Waals surface area (Å²) in [6.07, 6.45) is 6.89. The normalized spacial score (nSPS) is 30.6. The fraction of sp³-hybridized carbons (Fsp3) is 1.00. The first kappa shape index (κ1) is 11.7. The molecular formula is C12H23NOS. The van der Waals surface area contributed by atoms with Crippen LogP contribution in [0.15, 0.2) is 0 Å². The Morgan fingerprint density at radius 2 is 2.13 bits per heavy atom. The molecule has 88 valence electrons. The summed E-state index contributed by atoms with van der Waals surface area (Å²) in [7, 11) is 0. The van der Waals surface area contributed by atoms with E-state index < -0.39 is 0 Å². The Morgan fingerprint density at radius 1 is 1.33 bits per heavy atom. The average molecular weight is 229 g/mol. The van der Waals surface area contributed by atoms with Crippen molar-refractivity contribution in [2.45, 2.75) is 57.2 Å². The van der Waals surface area contributed by atoms with Gasteiger partial charge in [-0.05, 0) is 43.6 Å². The Labute approximate surface area is 97.5 Å². The topological polar surface area (TPSA) is 21.3 Å². The Hall–Kier alpha value is 0.270. The summed E-state index contributed by atoms with van der Waals surface area (Å²) in [5, 5.41) is 3.81. The highest BCUT2D eigenvalue weighted by molar-refractivity contribution is 7.99. The molecule has 0 unspecified atom stereocenters. The molecule has 2 atom stereocenters. The minimum atomic E-state index is 0.490. The summed E-state index contributed by atoms with van der Waals surface area (Å²) >= 11 is 2.09. The molecule has 2 aliphatic rings. The molecule has 2 fully saturated rings. The molecule has 15 heavy (non-hydrogen) atoms. The van der Waals surface area contributed by atoms with Crippen molar-refractivity contribution >= 4 is 11.8 Å². The first-order valence-corrected chi connectivity index (χ1v) is 7.51. The number of rotatable bonds is 4. The predicted molar refractivity (Wildman–Crippen MR) is 66.5 cm³/mol. The van der Waals surface area contributed by atoms with E-state index in [0.29, 0.717) is 12.1 Å². The maximum absolute atomic E-state index is 5.78. The van der Waals surface area contributed by atoms with Gasteiger partial charge in [0.15, 0.2) is 0 Å². The van der Waals surface area contributed by atoms with Crippen molar-refractivity contribution in [1.29, 1.82) is 0 Å². The fourth-order valence-electron chi connectivity index (χ4n) is 2.57. The molecule has 0 saturated carbocycles. The molecule has 0 aromatic rings. The Morgan fingerprint density at radius 3 is 2.73 bits per heavy atom. The molecule has 2 aliphatic heterocycles. The summed E-state index contributed by atoms with van der Waals surface area (Å²) in [5.74, 6) is 2.67. The van der Waals surface area contributed by atoms with Gasteiger partial charge in [-0.1, -0.05) is 6.92 Å². The van der Waals surface area contributed by atoms with Crippen molar-refractivity contribution in [2.24, 2.45) is 0 Å². The Bertz CT molecular complexity index is 176. The Balaban J connectivity index is 1.78. The van der Waals surface area contributed by atoms with E-state index in [-0.39, 0.29) is 0 Å². The quantitative estimate of drug-likeness (QED) is 0.800. The average Bonchev–Trinajstić information content (AvgIpc) is 2.81. The lowest BCUT2D eigenvalue weighted by molar-refractivity contribution is 0.0722. The van der Waals surface area contributed by atoms with Crippen LogP contribution in [0.3, 0.4) is 0 Å². The molecule has 1 N–H and O–H groups in total. The zero-order valence-corrected chi connectivity index (χ0v) is 10.5. The van der Waals surface area contributed by atoms with Gasteiger partial charge in [-0.25, -0.2) is 0 Å². The van der Waals surface area contributed by atoms with Gasteiger partial charge in [0.25, 0.3) is 0 Å². The van der Waals surface area contributed by atoms with Crippen LogP contribution < -0.4 is 5.32 Å². The third kappa shape index (κ3) is 3.36. The summed E-state index contributed by atoms with van der Waals surface area (Å²) < 4.78 is 5.78. The smallest absolute Gasteiger partial charge is 0.0728 e. The van der Waals surface area contributed by atoms with Crippen molar-refractivity contribution in [3.8, 4) is 0 Å². The molecule has 0 bridgehead atoms. The monoisotopic (exact) mass is 229 g/mol. The molecular weight excluding hydrogens is 206 g/mol. The Kier molecular flexibility index (Phi) is 4.79. The molecule has 0 aromatic heterocycles. The van der Waals surface area contributed by atoms with Gasteiger partial charge in [0, 0.05) is 18.7 Å². The minimum absolute atomic E-state index is 0.490. The third-order valence-corrected chi connectivity index (χ3v) is 4.57. The van der Waals surface area contributed by atoms with E-state index in [9.17, 15) is 0 Å². The van der Waals surface area contributed by atoms with Crippen molar-refractivity contribution < 1.29 is 4.74 Å². The van der Waals surface area contributed by atoms with Crippen LogP contribution in [0.5, 0.6) is 0 Å². The fourth-order valence-corrected chi connectivity index (χ4v) is 3.68. The number of ether oxygens (including phenoxy) is 1. The second kappa shape index (κ2) is 6.12. The van der Waals surface area contributed by atoms with Gasteiger partial charge < -0.3 is 10.1 Å². The second-order valence-corrected chi connectivity index (χ2v) is 5.84. The molecule has 0 aliphatic carbocycles. The summed E-state index contributed by atoms with van der Waals surface area (Å²) in [5.41, 5.74) is 0. The van der Waals surface area contributed by atoms with E-state index in [4.69, 9.17) is 4.74 Å². The van der Waals surface area contributed by atoms with Gasteiger partial charge in [0.1, 0.15) is 0 Å². The van der Waals surface area contributed by atoms with E-state index in [2.05, 4.69) is 24.0 Å². The van der Waals surface area contributed by atoms with E-state index in [0.717, 1.165) is 12.6 Å². The minimum Gasteiger partial charge on any atom is -0.377 e.